The summed E-state index contributed by atoms with van der Waals surface area (Å²) in [7, 11) is 0. The van der Waals surface area contributed by atoms with E-state index in [1.54, 1.807) is 13.8 Å². The molecule has 0 unspecified atom stereocenters. The summed E-state index contributed by atoms with van der Waals surface area (Å²) in [5.74, 6) is -3.20. The van der Waals surface area contributed by atoms with Crippen molar-refractivity contribution in [1.82, 2.24) is 0 Å². The molecule has 0 spiro atoms. The molecule has 1 saturated heterocycles. The Balaban J connectivity index is 2.98. The molecule has 5 nitrogen and oxygen atoms in total. The van der Waals surface area contributed by atoms with Crippen LogP contribution in [0, 0.1) is 23.2 Å². The summed E-state index contributed by atoms with van der Waals surface area (Å²) in [6.07, 6.45) is 0.493. The lowest BCUT2D eigenvalue weighted by molar-refractivity contribution is -0.158. The van der Waals surface area contributed by atoms with Crippen LogP contribution in [0.5, 0.6) is 0 Å². The molecule has 1 aliphatic rings. The first-order valence-electron chi connectivity index (χ1n) is 5.29. The molecule has 1 aliphatic heterocycles. The molecule has 0 amide bonds. The molecule has 0 bridgehead atoms. The van der Waals surface area contributed by atoms with Crippen molar-refractivity contribution in [3.8, 4) is 6.07 Å². The number of cyclic esters (lactones) is 1. The molecule has 5 heteroatoms. The van der Waals surface area contributed by atoms with Gasteiger partial charge in [-0.2, -0.15) is 5.26 Å². The minimum absolute atomic E-state index is 0.184. The fraction of sp³-hybridized carbons (Fsp3) is 0.727. The van der Waals surface area contributed by atoms with Crippen molar-refractivity contribution >= 4 is 11.9 Å². The maximum absolute atomic E-state index is 11.6. The summed E-state index contributed by atoms with van der Waals surface area (Å²) in [6, 6.07) is 1.98. The summed E-state index contributed by atoms with van der Waals surface area (Å²) >= 11 is 0. The maximum Gasteiger partial charge on any atom is 0.322 e. The summed E-state index contributed by atoms with van der Waals surface area (Å²) in [5, 5.41) is 9.05. The fourth-order valence-corrected chi connectivity index (χ4v) is 1.81. The van der Waals surface area contributed by atoms with Crippen molar-refractivity contribution in [2.45, 2.75) is 32.8 Å². The Morgan fingerprint density at radius 1 is 1.62 bits per heavy atom. The van der Waals surface area contributed by atoms with Gasteiger partial charge in [-0.15, -0.1) is 0 Å². The van der Waals surface area contributed by atoms with Crippen molar-refractivity contribution in [2.24, 2.45) is 11.8 Å². The second-order valence-electron chi connectivity index (χ2n) is 3.92. The van der Waals surface area contributed by atoms with Crippen molar-refractivity contribution in [2.75, 3.05) is 6.61 Å². The van der Waals surface area contributed by atoms with E-state index in [4.69, 9.17) is 14.7 Å². The van der Waals surface area contributed by atoms with Crippen molar-refractivity contribution < 1.29 is 19.1 Å². The second kappa shape index (κ2) is 4.52. The molecule has 0 aliphatic carbocycles. The monoisotopic (exact) mass is 225 g/mol. The molecular formula is C11H15NO4. The van der Waals surface area contributed by atoms with Gasteiger partial charge in [-0.3, -0.25) is 9.59 Å². The van der Waals surface area contributed by atoms with Gasteiger partial charge in [-0.1, -0.05) is 6.92 Å². The van der Waals surface area contributed by atoms with E-state index >= 15 is 0 Å². The fourth-order valence-electron chi connectivity index (χ4n) is 1.81. The first kappa shape index (κ1) is 12.5. The molecular weight excluding hydrogens is 210 g/mol. The molecule has 3 atom stereocenters. The molecule has 0 aromatic rings. The lowest BCUT2D eigenvalue weighted by Gasteiger charge is -2.24. The van der Waals surface area contributed by atoms with E-state index in [1.165, 1.54) is 0 Å². The Bertz CT molecular complexity index is 338. The zero-order valence-electron chi connectivity index (χ0n) is 9.65. The largest absolute Gasteiger partial charge is 0.465 e. The van der Waals surface area contributed by atoms with E-state index in [1.807, 2.05) is 13.0 Å². The highest BCUT2D eigenvalue weighted by Gasteiger charge is 2.56. The minimum atomic E-state index is -1.10. The third kappa shape index (κ3) is 1.87. The second-order valence-corrected chi connectivity index (χ2v) is 3.92. The first-order chi connectivity index (χ1) is 7.50. The number of ether oxygens (including phenoxy) is 2. The predicted molar refractivity (Wildman–Crippen MR) is 54.0 cm³/mol. The highest BCUT2D eigenvalue weighted by atomic mass is 16.6. The van der Waals surface area contributed by atoms with Crippen LogP contribution in [0.2, 0.25) is 0 Å². The molecule has 0 aromatic carbocycles. The van der Waals surface area contributed by atoms with Gasteiger partial charge in [0.1, 0.15) is 11.5 Å². The van der Waals surface area contributed by atoms with Gasteiger partial charge < -0.3 is 9.47 Å². The van der Waals surface area contributed by atoms with E-state index in [-0.39, 0.29) is 6.61 Å². The van der Waals surface area contributed by atoms with E-state index in [0.29, 0.717) is 6.42 Å². The Morgan fingerprint density at radius 3 is 2.69 bits per heavy atom. The predicted octanol–water partition coefficient (Wildman–Crippen LogP) is 1.03. The summed E-state index contributed by atoms with van der Waals surface area (Å²) in [6.45, 7) is 5.31. The first-order valence-corrected chi connectivity index (χ1v) is 5.29. The number of carbonyl (C=O) groups excluding carboxylic acids is 2. The lowest BCUT2D eigenvalue weighted by atomic mass is 9.81. The number of hydrogen-bond acceptors (Lipinski definition) is 5. The summed E-state index contributed by atoms with van der Waals surface area (Å²) in [5.41, 5.74) is -0.886. The number of nitrogens with zero attached hydrogens (tertiary/aromatic N) is 1. The highest BCUT2D eigenvalue weighted by Crippen LogP contribution is 2.39. The number of carbonyl (C=O) groups is 2. The molecule has 0 saturated carbocycles. The van der Waals surface area contributed by atoms with Crippen LogP contribution in [-0.2, 0) is 19.1 Å². The molecule has 1 heterocycles. The summed E-state index contributed by atoms with van der Waals surface area (Å²) in [4.78, 5) is 23.1. The van der Waals surface area contributed by atoms with Gasteiger partial charge in [0, 0.05) is 0 Å². The molecule has 16 heavy (non-hydrogen) atoms. The highest BCUT2D eigenvalue weighted by molar-refractivity contribution is 5.97. The van der Waals surface area contributed by atoms with Gasteiger partial charge in [0.25, 0.3) is 0 Å². The van der Waals surface area contributed by atoms with Gasteiger partial charge >= 0.3 is 11.9 Å². The van der Waals surface area contributed by atoms with E-state index < -0.39 is 29.4 Å². The average Bonchev–Trinajstić information content (AvgIpc) is 2.50. The van der Waals surface area contributed by atoms with Crippen LogP contribution >= 0.6 is 0 Å². The minimum Gasteiger partial charge on any atom is -0.465 e. The zero-order chi connectivity index (χ0) is 12.3. The molecule has 0 aromatic heterocycles. The molecule has 1 rings (SSSR count). The topological polar surface area (TPSA) is 76.4 Å². The lowest BCUT2D eigenvalue weighted by Crippen LogP contribution is -2.34. The van der Waals surface area contributed by atoms with E-state index in [9.17, 15) is 9.59 Å². The third-order valence-corrected chi connectivity index (χ3v) is 2.96. The van der Waals surface area contributed by atoms with Crippen molar-refractivity contribution in [1.29, 1.82) is 5.26 Å². The van der Waals surface area contributed by atoms with E-state index in [0.717, 1.165) is 0 Å². The van der Waals surface area contributed by atoms with Crippen LogP contribution in [0.3, 0.4) is 0 Å². The van der Waals surface area contributed by atoms with E-state index in [2.05, 4.69) is 0 Å². The molecule has 88 valence electrons. The standard InChI is InChI=1S/C11H15NO4/c1-4-11(3)7(6-12)8(10(14)16-11)9(13)15-5-2/h7-8H,4-5H2,1-3H3/t7-,8-,11+/m1/s1. The number of hydrogen-bond donors (Lipinski definition) is 0. The van der Waals surface area contributed by atoms with Crippen LogP contribution in [-0.4, -0.2) is 24.1 Å². The van der Waals surface area contributed by atoms with Gasteiger partial charge in [-0.05, 0) is 20.3 Å². The quantitative estimate of drug-likeness (QED) is 0.529. The van der Waals surface area contributed by atoms with Crippen LogP contribution < -0.4 is 0 Å². The number of nitriles is 1. The van der Waals surface area contributed by atoms with Gasteiger partial charge in [0.15, 0.2) is 5.92 Å². The Morgan fingerprint density at radius 2 is 2.25 bits per heavy atom. The van der Waals surface area contributed by atoms with Crippen LogP contribution in [0.25, 0.3) is 0 Å². The SMILES string of the molecule is CCOC(=O)[C@@H]1C(=O)O[C@@](C)(CC)[C@@H]1C#N. The summed E-state index contributed by atoms with van der Waals surface area (Å²) < 4.78 is 9.89. The third-order valence-electron chi connectivity index (χ3n) is 2.96. The zero-order valence-corrected chi connectivity index (χ0v) is 9.65. The van der Waals surface area contributed by atoms with Crippen LogP contribution in [0.4, 0.5) is 0 Å². The number of rotatable bonds is 3. The van der Waals surface area contributed by atoms with Gasteiger partial charge in [0.2, 0.25) is 0 Å². The molecule has 1 fully saturated rings. The molecule has 0 N–H and O–H groups in total. The van der Waals surface area contributed by atoms with Crippen LogP contribution in [0.15, 0.2) is 0 Å². The van der Waals surface area contributed by atoms with Gasteiger partial charge in [-0.25, -0.2) is 0 Å². The van der Waals surface area contributed by atoms with Crippen molar-refractivity contribution in [3.63, 3.8) is 0 Å². The Labute approximate surface area is 94.3 Å². The number of esters is 2. The normalized spacial score (nSPS) is 33.0. The van der Waals surface area contributed by atoms with Crippen LogP contribution in [0.1, 0.15) is 27.2 Å². The average molecular weight is 225 g/mol. The van der Waals surface area contributed by atoms with Crippen molar-refractivity contribution in [3.05, 3.63) is 0 Å². The Kier molecular flexibility index (Phi) is 3.53. The smallest absolute Gasteiger partial charge is 0.322 e. The van der Waals surface area contributed by atoms with Gasteiger partial charge in [0.05, 0.1) is 12.7 Å². The Hall–Kier alpha value is -1.57. The maximum atomic E-state index is 11.6. The molecule has 0 radical (unpaired) electrons.